The number of nitrogens with zero attached hydrogens (tertiary/aromatic N) is 6. The van der Waals surface area contributed by atoms with Gasteiger partial charge in [0.1, 0.15) is 5.82 Å². The molecule has 322 valence electrons. The fraction of sp³-hybridized carbons (Fsp3) is 0. The van der Waals surface area contributed by atoms with Gasteiger partial charge in [-0.3, -0.25) is 14.5 Å². The Hall–Kier alpha value is -9.39. The predicted molar refractivity (Wildman–Crippen MR) is 285 cm³/mol. The Morgan fingerprint density at radius 3 is 1.52 bits per heavy atom. The maximum Gasteiger partial charge on any atom is 0.138 e. The monoisotopic (exact) mass is 880 g/mol. The van der Waals surface area contributed by atoms with Crippen LogP contribution in [0.4, 0.5) is 0 Å². The first-order valence-corrected chi connectivity index (χ1v) is 23.3. The third kappa shape index (κ3) is 6.30. The molecular weight excluding hydrogens is 841 g/mol. The molecule has 0 saturated carbocycles. The third-order valence-electron chi connectivity index (χ3n) is 13.7. The minimum absolute atomic E-state index is 0.878. The topological polar surface area (TPSA) is 53.5 Å². The van der Waals surface area contributed by atoms with Gasteiger partial charge in [-0.25, -0.2) is 4.98 Å². The molecule has 0 spiro atoms. The molecular formula is C63H40N6. The van der Waals surface area contributed by atoms with E-state index in [1.165, 1.54) is 16.2 Å². The van der Waals surface area contributed by atoms with Crippen LogP contribution < -0.4 is 0 Å². The molecule has 0 fully saturated rings. The summed E-state index contributed by atoms with van der Waals surface area (Å²) in [5, 5.41) is 5.84. The zero-order chi connectivity index (χ0) is 45.4. The molecule has 0 amide bonds. The number of benzene rings is 8. The summed E-state index contributed by atoms with van der Waals surface area (Å²) < 4.78 is 7.01. The molecule has 0 saturated heterocycles. The molecule has 0 atom stereocenters. The second-order valence-electron chi connectivity index (χ2n) is 17.7. The maximum absolute atomic E-state index is 5.34. The van der Waals surface area contributed by atoms with Gasteiger partial charge in [0.15, 0.2) is 0 Å². The van der Waals surface area contributed by atoms with Gasteiger partial charge in [0.2, 0.25) is 0 Å². The van der Waals surface area contributed by atoms with E-state index < -0.39 is 0 Å². The molecule has 14 aromatic rings. The van der Waals surface area contributed by atoms with Gasteiger partial charge in [-0.1, -0.05) is 127 Å². The third-order valence-corrected chi connectivity index (χ3v) is 13.7. The Bertz CT molecular complexity index is 4240. The van der Waals surface area contributed by atoms with Gasteiger partial charge >= 0.3 is 0 Å². The van der Waals surface area contributed by atoms with Crippen molar-refractivity contribution in [3.8, 4) is 61.8 Å². The number of fused-ring (bicyclic) bond motifs is 9. The van der Waals surface area contributed by atoms with Crippen LogP contribution in [0.5, 0.6) is 0 Å². The average molecular weight is 881 g/mol. The van der Waals surface area contributed by atoms with Gasteiger partial charge in [-0.05, 0) is 119 Å². The van der Waals surface area contributed by atoms with E-state index in [1.807, 2.05) is 30.7 Å². The highest BCUT2D eigenvalue weighted by Gasteiger charge is 2.20. The number of hydrogen-bond donors (Lipinski definition) is 0. The number of hydrogen-bond acceptors (Lipinski definition) is 3. The van der Waals surface area contributed by atoms with Crippen LogP contribution in [0, 0.1) is 0 Å². The van der Waals surface area contributed by atoms with Crippen LogP contribution >= 0.6 is 0 Å². The quantitative estimate of drug-likeness (QED) is 0.160. The summed E-state index contributed by atoms with van der Waals surface area (Å²) in [7, 11) is 0. The van der Waals surface area contributed by atoms with Crippen LogP contribution in [0.1, 0.15) is 0 Å². The Kier molecular flexibility index (Phi) is 8.79. The lowest BCUT2D eigenvalue weighted by molar-refractivity contribution is 1.08. The van der Waals surface area contributed by atoms with Gasteiger partial charge < -0.3 is 9.13 Å². The van der Waals surface area contributed by atoms with Gasteiger partial charge in [-0.15, -0.1) is 0 Å². The molecule has 0 radical (unpaired) electrons. The standard InChI is InChI=1S/C63H40N6/c1-4-15-41(16-5-1)45-36-55(42-17-6-2-7-18-42)66-62(37-45)69-57-24-13-11-22-51(57)53-35-44(27-30-59(53)69)47-33-46(39-64-40-47)43-26-29-58-52(34-43)50-21-10-12-23-56(50)68(58)49-28-31-60-54(38-49)63-61(25-14-32-65-63)67(60)48-19-8-3-9-20-48/h1-40H. The molecule has 14 rings (SSSR count). The van der Waals surface area contributed by atoms with Crippen LogP contribution in [0.3, 0.4) is 0 Å². The van der Waals surface area contributed by atoms with Crippen molar-refractivity contribution in [1.82, 2.24) is 28.7 Å². The van der Waals surface area contributed by atoms with Crippen molar-refractivity contribution in [1.29, 1.82) is 0 Å². The van der Waals surface area contributed by atoms with E-state index in [9.17, 15) is 0 Å². The highest BCUT2D eigenvalue weighted by atomic mass is 15.1. The summed E-state index contributed by atoms with van der Waals surface area (Å²) in [6.07, 6.45) is 5.84. The fourth-order valence-electron chi connectivity index (χ4n) is 10.6. The van der Waals surface area contributed by atoms with Gasteiger partial charge in [-0.2, -0.15) is 0 Å². The van der Waals surface area contributed by atoms with Crippen molar-refractivity contribution in [2.45, 2.75) is 0 Å². The molecule has 0 aliphatic rings. The average Bonchev–Trinajstić information content (AvgIpc) is 4.06. The van der Waals surface area contributed by atoms with Crippen molar-refractivity contribution in [2.75, 3.05) is 0 Å². The van der Waals surface area contributed by atoms with Crippen molar-refractivity contribution in [3.63, 3.8) is 0 Å². The second kappa shape index (κ2) is 15.6. The molecule has 0 aliphatic heterocycles. The summed E-state index contributed by atoms with van der Waals surface area (Å²) in [6, 6.07) is 80.1. The zero-order valence-electron chi connectivity index (χ0n) is 37.3. The number of aromatic nitrogens is 6. The van der Waals surface area contributed by atoms with E-state index in [0.29, 0.717) is 0 Å². The van der Waals surface area contributed by atoms with Crippen molar-refractivity contribution in [2.24, 2.45) is 0 Å². The number of pyridine rings is 3. The zero-order valence-corrected chi connectivity index (χ0v) is 37.3. The Labute approximate surface area is 397 Å². The minimum Gasteiger partial charge on any atom is -0.309 e. The Morgan fingerprint density at radius 2 is 0.826 bits per heavy atom. The summed E-state index contributed by atoms with van der Waals surface area (Å²) in [4.78, 5) is 15.1. The first kappa shape index (κ1) is 38.8. The number of para-hydroxylation sites is 3. The van der Waals surface area contributed by atoms with E-state index in [0.717, 1.165) is 111 Å². The minimum atomic E-state index is 0.878. The smallest absolute Gasteiger partial charge is 0.138 e. The first-order chi connectivity index (χ1) is 34.2. The molecule has 6 heteroatoms. The highest BCUT2D eigenvalue weighted by Crippen LogP contribution is 2.40. The first-order valence-electron chi connectivity index (χ1n) is 23.3. The van der Waals surface area contributed by atoms with E-state index in [4.69, 9.17) is 15.0 Å². The molecule has 6 aromatic heterocycles. The molecule has 6 heterocycles. The molecule has 6 nitrogen and oxygen atoms in total. The SMILES string of the molecule is c1ccc(-c2cc(-c3ccccc3)nc(-n3c4ccccc4c4cc(-c5cncc(-c6ccc7c(c6)c6ccccc6n7-c6ccc7c(c6)c6ncccc6n7-c6ccccc6)c5)ccc43)c2)cc1. The summed E-state index contributed by atoms with van der Waals surface area (Å²) >= 11 is 0. The van der Waals surface area contributed by atoms with Crippen LogP contribution in [-0.2, 0) is 0 Å². The molecule has 69 heavy (non-hydrogen) atoms. The van der Waals surface area contributed by atoms with Crippen molar-refractivity contribution >= 4 is 65.5 Å². The van der Waals surface area contributed by atoms with E-state index >= 15 is 0 Å². The highest BCUT2D eigenvalue weighted by molar-refractivity contribution is 6.13. The lowest BCUT2D eigenvalue weighted by Gasteiger charge is -2.13. The second-order valence-corrected chi connectivity index (χ2v) is 17.7. The fourth-order valence-corrected chi connectivity index (χ4v) is 10.6. The largest absolute Gasteiger partial charge is 0.309 e. The van der Waals surface area contributed by atoms with Gasteiger partial charge in [0.05, 0.1) is 44.3 Å². The van der Waals surface area contributed by atoms with Crippen LogP contribution in [0.2, 0.25) is 0 Å². The molecule has 0 aliphatic carbocycles. The summed E-state index contributed by atoms with van der Waals surface area (Å²) in [5.41, 5.74) is 18.5. The van der Waals surface area contributed by atoms with Crippen molar-refractivity contribution < 1.29 is 0 Å². The predicted octanol–water partition coefficient (Wildman–Crippen LogP) is 15.8. The normalized spacial score (nSPS) is 11.8. The summed E-state index contributed by atoms with van der Waals surface area (Å²) in [6.45, 7) is 0. The molecule has 0 unspecified atom stereocenters. The Balaban J connectivity index is 0.871. The van der Waals surface area contributed by atoms with Gasteiger partial charge in [0.25, 0.3) is 0 Å². The van der Waals surface area contributed by atoms with E-state index in [1.54, 1.807) is 0 Å². The lowest BCUT2D eigenvalue weighted by Crippen LogP contribution is -2.00. The lowest BCUT2D eigenvalue weighted by atomic mass is 9.99. The molecule has 0 bridgehead atoms. The van der Waals surface area contributed by atoms with Crippen LogP contribution in [0.15, 0.2) is 243 Å². The summed E-state index contributed by atoms with van der Waals surface area (Å²) in [5.74, 6) is 0.878. The van der Waals surface area contributed by atoms with E-state index in [2.05, 4.69) is 226 Å². The van der Waals surface area contributed by atoms with Crippen LogP contribution in [-0.4, -0.2) is 28.7 Å². The molecule has 0 N–H and O–H groups in total. The van der Waals surface area contributed by atoms with Crippen molar-refractivity contribution in [3.05, 3.63) is 243 Å². The van der Waals surface area contributed by atoms with E-state index in [-0.39, 0.29) is 0 Å². The maximum atomic E-state index is 5.34. The van der Waals surface area contributed by atoms with Crippen LogP contribution in [0.25, 0.3) is 127 Å². The van der Waals surface area contributed by atoms with Gasteiger partial charge in [0, 0.05) is 73.6 Å². The number of rotatable bonds is 7. The molecule has 8 aromatic carbocycles. The Morgan fingerprint density at radius 1 is 0.290 bits per heavy atom.